The number of halogens is 1. The number of amidine groups is 1. The summed E-state index contributed by atoms with van der Waals surface area (Å²) in [6, 6.07) is 12.0. The number of methoxy groups -OCH3 is 2. The van der Waals surface area contributed by atoms with Crippen LogP contribution in [0, 0.1) is 3.57 Å². The Kier molecular flexibility index (Phi) is 5.80. The highest BCUT2D eigenvalue weighted by Crippen LogP contribution is 2.27. The van der Waals surface area contributed by atoms with Crippen molar-refractivity contribution in [3.63, 3.8) is 0 Å². The van der Waals surface area contributed by atoms with Gasteiger partial charge in [-0.3, -0.25) is 0 Å². The van der Waals surface area contributed by atoms with E-state index in [0.717, 1.165) is 3.57 Å². The number of carbonyl (C=O) groups excluding carboxylic acids is 1. The first-order chi connectivity index (χ1) is 11.0. The largest absolute Gasteiger partial charge is 0.493 e. The average Bonchev–Trinajstić information content (AvgIpc) is 2.59. The van der Waals surface area contributed by atoms with Gasteiger partial charge in [-0.1, -0.05) is 5.16 Å². The minimum absolute atomic E-state index is 0.0600. The Morgan fingerprint density at radius 2 is 1.61 bits per heavy atom. The molecule has 2 aromatic rings. The molecule has 2 aromatic carbocycles. The third-order valence-corrected chi connectivity index (χ3v) is 3.71. The fourth-order valence-corrected chi connectivity index (χ4v) is 2.14. The van der Waals surface area contributed by atoms with Gasteiger partial charge in [0, 0.05) is 9.13 Å². The molecule has 0 spiro atoms. The molecule has 0 bridgehead atoms. The number of hydrogen-bond acceptors (Lipinski definition) is 5. The summed E-state index contributed by atoms with van der Waals surface area (Å²) in [5.74, 6) is 0.557. The van der Waals surface area contributed by atoms with Crippen molar-refractivity contribution in [1.82, 2.24) is 0 Å². The number of hydrogen-bond donors (Lipinski definition) is 1. The average molecular weight is 426 g/mol. The summed E-state index contributed by atoms with van der Waals surface area (Å²) in [6.07, 6.45) is 0. The molecule has 0 amide bonds. The van der Waals surface area contributed by atoms with Crippen molar-refractivity contribution in [2.45, 2.75) is 0 Å². The van der Waals surface area contributed by atoms with Crippen LogP contribution in [-0.4, -0.2) is 26.0 Å². The van der Waals surface area contributed by atoms with Crippen LogP contribution in [0.2, 0.25) is 0 Å². The first kappa shape index (κ1) is 17.1. The molecule has 0 fully saturated rings. The molecule has 0 aromatic heterocycles. The highest BCUT2D eigenvalue weighted by atomic mass is 127. The van der Waals surface area contributed by atoms with Gasteiger partial charge in [0.15, 0.2) is 17.3 Å². The van der Waals surface area contributed by atoms with Crippen molar-refractivity contribution in [3.05, 3.63) is 57.2 Å². The van der Waals surface area contributed by atoms with E-state index < -0.39 is 5.97 Å². The van der Waals surface area contributed by atoms with E-state index in [0.29, 0.717) is 22.6 Å². The molecule has 0 unspecified atom stereocenters. The Labute approximate surface area is 147 Å². The number of nitrogens with zero attached hydrogens (tertiary/aromatic N) is 1. The molecule has 23 heavy (non-hydrogen) atoms. The molecule has 120 valence electrons. The summed E-state index contributed by atoms with van der Waals surface area (Å²) in [5.41, 5.74) is 6.79. The molecule has 0 heterocycles. The monoisotopic (exact) mass is 426 g/mol. The molecule has 0 radical (unpaired) electrons. The fraction of sp³-hybridized carbons (Fsp3) is 0.125. The molecule has 2 N–H and O–H groups in total. The van der Waals surface area contributed by atoms with Crippen LogP contribution in [0.4, 0.5) is 0 Å². The summed E-state index contributed by atoms with van der Waals surface area (Å²) in [6.45, 7) is 0. The van der Waals surface area contributed by atoms with Crippen LogP contribution in [0.15, 0.2) is 47.6 Å². The van der Waals surface area contributed by atoms with Gasteiger partial charge in [-0.05, 0) is 65.1 Å². The third-order valence-electron chi connectivity index (χ3n) is 2.99. The lowest BCUT2D eigenvalue weighted by atomic mass is 10.2. The highest BCUT2D eigenvalue weighted by molar-refractivity contribution is 14.1. The summed E-state index contributed by atoms with van der Waals surface area (Å²) in [4.78, 5) is 16.7. The number of rotatable bonds is 5. The van der Waals surface area contributed by atoms with Crippen molar-refractivity contribution in [3.8, 4) is 11.5 Å². The summed E-state index contributed by atoms with van der Waals surface area (Å²) < 4.78 is 11.4. The zero-order valence-corrected chi connectivity index (χ0v) is 14.7. The Bertz CT molecular complexity index is 729. The summed E-state index contributed by atoms with van der Waals surface area (Å²) in [7, 11) is 3.06. The van der Waals surface area contributed by atoms with Crippen molar-refractivity contribution in [2.24, 2.45) is 10.9 Å². The van der Waals surface area contributed by atoms with Crippen LogP contribution >= 0.6 is 22.6 Å². The predicted octanol–water partition coefficient (Wildman–Crippen LogP) is 2.79. The molecule has 0 aliphatic rings. The molecule has 0 aliphatic carbocycles. The van der Waals surface area contributed by atoms with E-state index in [1.807, 2.05) is 0 Å². The predicted molar refractivity (Wildman–Crippen MR) is 94.8 cm³/mol. The third kappa shape index (κ3) is 4.35. The van der Waals surface area contributed by atoms with Crippen LogP contribution in [0.25, 0.3) is 0 Å². The van der Waals surface area contributed by atoms with E-state index in [4.69, 9.17) is 20.0 Å². The molecular formula is C16H15IN2O4. The van der Waals surface area contributed by atoms with Gasteiger partial charge in [-0.25, -0.2) is 4.79 Å². The first-order valence-electron chi connectivity index (χ1n) is 6.58. The van der Waals surface area contributed by atoms with E-state index in [9.17, 15) is 4.79 Å². The van der Waals surface area contributed by atoms with Crippen LogP contribution < -0.4 is 15.2 Å². The van der Waals surface area contributed by atoms with Crippen molar-refractivity contribution in [1.29, 1.82) is 0 Å². The lowest BCUT2D eigenvalue weighted by molar-refractivity contribution is 0.0516. The molecule has 6 nitrogen and oxygen atoms in total. The van der Waals surface area contributed by atoms with Gasteiger partial charge in [0.05, 0.1) is 19.8 Å². The van der Waals surface area contributed by atoms with Crippen LogP contribution in [0.3, 0.4) is 0 Å². The van der Waals surface area contributed by atoms with Gasteiger partial charge in [-0.2, -0.15) is 0 Å². The van der Waals surface area contributed by atoms with E-state index >= 15 is 0 Å². The number of oxime groups is 1. The second-order valence-electron chi connectivity index (χ2n) is 4.43. The lowest BCUT2D eigenvalue weighted by Crippen LogP contribution is -2.15. The Balaban J connectivity index is 2.13. The van der Waals surface area contributed by atoms with Gasteiger partial charge < -0.3 is 20.0 Å². The maximum absolute atomic E-state index is 11.9. The van der Waals surface area contributed by atoms with E-state index in [1.165, 1.54) is 14.2 Å². The van der Waals surface area contributed by atoms with Crippen LogP contribution in [0.5, 0.6) is 11.5 Å². The number of nitrogens with two attached hydrogens (primary N) is 1. The van der Waals surface area contributed by atoms with Crippen molar-refractivity contribution >= 4 is 34.4 Å². The van der Waals surface area contributed by atoms with Gasteiger partial charge in [0.25, 0.3) is 0 Å². The topological polar surface area (TPSA) is 83.1 Å². The normalized spacial score (nSPS) is 11.0. The first-order valence-corrected chi connectivity index (χ1v) is 7.65. The van der Waals surface area contributed by atoms with E-state index in [1.54, 1.807) is 42.5 Å². The van der Waals surface area contributed by atoms with Gasteiger partial charge in [-0.15, -0.1) is 0 Å². The Morgan fingerprint density at radius 3 is 2.22 bits per heavy atom. The molecule has 0 saturated carbocycles. The minimum Gasteiger partial charge on any atom is -0.493 e. The Hall–Kier alpha value is -2.29. The molecule has 7 heteroatoms. The van der Waals surface area contributed by atoms with Gasteiger partial charge in [0.1, 0.15) is 0 Å². The second-order valence-corrected chi connectivity index (χ2v) is 5.68. The molecule has 2 rings (SSSR count). The smallest absolute Gasteiger partial charge is 0.365 e. The zero-order chi connectivity index (χ0) is 16.8. The lowest BCUT2D eigenvalue weighted by Gasteiger charge is -2.09. The molecular weight excluding hydrogens is 411 g/mol. The maximum Gasteiger partial charge on any atom is 0.365 e. The Morgan fingerprint density at radius 1 is 1.00 bits per heavy atom. The van der Waals surface area contributed by atoms with E-state index in [2.05, 4.69) is 27.7 Å². The zero-order valence-electron chi connectivity index (χ0n) is 12.6. The molecule has 0 atom stereocenters. The highest BCUT2D eigenvalue weighted by Gasteiger charge is 2.10. The van der Waals surface area contributed by atoms with E-state index in [-0.39, 0.29) is 5.84 Å². The standard InChI is InChI=1S/C16H15IN2O4/c1-21-13-8-5-11(9-14(13)22-2)15(18)19-23-16(20)10-3-6-12(17)7-4-10/h3-9H,1-2H3,(H2,18,19). The summed E-state index contributed by atoms with van der Waals surface area (Å²) in [5, 5.41) is 3.67. The van der Waals surface area contributed by atoms with Crippen LogP contribution in [-0.2, 0) is 4.84 Å². The molecule has 0 aliphatic heterocycles. The van der Waals surface area contributed by atoms with Gasteiger partial charge >= 0.3 is 5.97 Å². The molecule has 0 saturated heterocycles. The van der Waals surface area contributed by atoms with Crippen molar-refractivity contribution < 1.29 is 19.1 Å². The SMILES string of the molecule is COc1ccc(C(N)=NOC(=O)c2ccc(I)cc2)cc1OC. The number of ether oxygens (including phenoxy) is 2. The van der Waals surface area contributed by atoms with Crippen LogP contribution in [0.1, 0.15) is 15.9 Å². The number of benzene rings is 2. The maximum atomic E-state index is 11.9. The number of carbonyl (C=O) groups is 1. The van der Waals surface area contributed by atoms with Gasteiger partial charge in [0.2, 0.25) is 0 Å². The van der Waals surface area contributed by atoms with Crippen molar-refractivity contribution in [2.75, 3.05) is 14.2 Å². The minimum atomic E-state index is -0.579. The summed E-state index contributed by atoms with van der Waals surface area (Å²) >= 11 is 2.15. The quantitative estimate of drug-likeness (QED) is 0.262. The second kappa shape index (κ2) is 7.82. The fourth-order valence-electron chi connectivity index (χ4n) is 1.78.